The molecule has 2 aromatic rings. The number of benzene rings is 1. The van der Waals surface area contributed by atoms with Crippen LogP contribution < -0.4 is 10.0 Å². The number of hydrogen-bond donors (Lipinski definition) is 2. The van der Waals surface area contributed by atoms with Crippen molar-refractivity contribution in [3.63, 3.8) is 0 Å². The maximum atomic E-state index is 13.5. The van der Waals surface area contributed by atoms with Gasteiger partial charge in [0.05, 0.1) is 11.4 Å². The predicted octanol–water partition coefficient (Wildman–Crippen LogP) is 0.407. The molecule has 0 unspecified atom stereocenters. The van der Waals surface area contributed by atoms with Crippen LogP contribution in [0.3, 0.4) is 0 Å². The van der Waals surface area contributed by atoms with Crippen LogP contribution in [-0.4, -0.2) is 25.6 Å². The summed E-state index contributed by atoms with van der Waals surface area (Å²) in [5, 5.41) is 6.26. The molecule has 0 spiro atoms. The monoisotopic (exact) mass is 300 g/mol. The maximum absolute atomic E-state index is 13.5. The Balaban J connectivity index is 2.18. The van der Waals surface area contributed by atoms with Crippen LogP contribution in [0.15, 0.2) is 34.0 Å². The number of aromatic nitrogens is 2. The number of nitrogens with zero attached hydrogens (tertiary/aromatic N) is 2. The minimum atomic E-state index is -3.76. The molecule has 20 heavy (non-hydrogen) atoms. The molecule has 0 bridgehead atoms. The molecule has 1 heterocycles. The Bertz CT molecular complexity index is 673. The third-order valence-electron chi connectivity index (χ3n) is 2.52. The fraction of sp³-hybridized carbons (Fsp3) is 0.273. The van der Waals surface area contributed by atoms with Crippen molar-refractivity contribution in [1.82, 2.24) is 20.2 Å². The van der Waals surface area contributed by atoms with Gasteiger partial charge in [-0.3, -0.25) is 0 Å². The lowest BCUT2D eigenvalue weighted by molar-refractivity contribution is 0.409. The number of rotatable bonds is 6. The first-order valence-electron chi connectivity index (χ1n) is 5.71. The van der Waals surface area contributed by atoms with E-state index in [-0.39, 0.29) is 29.4 Å². The highest BCUT2D eigenvalue weighted by Gasteiger charge is 2.16. The van der Waals surface area contributed by atoms with Crippen molar-refractivity contribution in [3.8, 4) is 0 Å². The Morgan fingerprint density at radius 3 is 2.80 bits per heavy atom. The van der Waals surface area contributed by atoms with Gasteiger partial charge in [0.25, 0.3) is 0 Å². The number of sulfonamides is 1. The molecule has 7 nitrogen and oxygen atoms in total. The van der Waals surface area contributed by atoms with Gasteiger partial charge >= 0.3 is 0 Å². The zero-order valence-electron chi connectivity index (χ0n) is 10.6. The van der Waals surface area contributed by atoms with E-state index in [1.165, 1.54) is 12.1 Å². The normalized spacial score (nSPS) is 11.7. The summed E-state index contributed by atoms with van der Waals surface area (Å²) >= 11 is 0. The second-order valence-electron chi connectivity index (χ2n) is 3.96. The van der Waals surface area contributed by atoms with E-state index in [4.69, 9.17) is 0 Å². The van der Waals surface area contributed by atoms with Crippen LogP contribution in [0.25, 0.3) is 0 Å². The molecule has 0 aliphatic rings. The molecule has 1 aromatic carbocycles. The smallest absolute Gasteiger partial charge is 0.240 e. The summed E-state index contributed by atoms with van der Waals surface area (Å²) in [7, 11) is -2.11. The molecule has 0 saturated carbocycles. The zero-order chi connectivity index (χ0) is 14.6. The lowest BCUT2D eigenvalue weighted by Crippen LogP contribution is -2.24. The fourth-order valence-electron chi connectivity index (χ4n) is 1.56. The summed E-state index contributed by atoms with van der Waals surface area (Å²) in [6.07, 6.45) is 1.10. The molecule has 0 amide bonds. The first-order valence-corrected chi connectivity index (χ1v) is 7.19. The molecule has 0 aliphatic heterocycles. The van der Waals surface area contributed by atoms with E-state index in [0.717, 1.165) is 12.5 Å². The van der Waals surface area contributed by atoms with E-state index in [2.05, 4.69) is 24.7 Å². The van der Waals surface area contributed by atoms with E-state index < -0.39 is 15.8 Å². The maximum Gasteiger partial charge on any atom is 0.240 e. The van der Waals surface area contributed by atoms with E-state index in [9.17, 15) is 12.8 Å². The van der Waals surface area contributed by atoms with Crippen LogP contribution >= 0.6 is 0 Å². The summed E-state index contributed by atoms with van der Waals surface area (Å²) in [6, 6.07) is 3.60. The van der Waals surface area contributed by atoms with Crippen LogP contribution in [0.5, 0.6) is 0 Å². The van der Waals surface area contributed by atoms with E-state index >= 15 is 0 Å². The minimum Gasteiger partial charge on any atom is -0.343 e. The van der Waals surface area contributed by atoms with Crippen LogP contribution in [0.1, 0.15) is 11.4 Å². The molecular formula is C11H13FN4O3S. The number of hydrogen-bond acceptors (Lipinski definition) is 6. The summed E-state index contributed by atoms with van der Waals surface area (Å²) in [4.78, 5) is 3.68. The Morgan fingerprint density at radius 2 is 2.15 bits per heavy atom. The summed E-state index contributed by atoms with van der Waals surface area (Å²) in [6.45, 7) is 0.137. The van der Waals surface area contributed by atoms with E-state index in [1.54, 1.807) is 7.05 Å². The average Bonchev–Trinajstić information content (AvgIpc) is 2.92. The second kappa shape index (κ2) is 6.07. The molecule has 2 N–H and O–H groups in total. The topological polar surface area (TPSA) is 97.1 Å². The molecule has 0 fully saturated rings. The van der Waals surface area contributed by atoms with Crippen LogP contribution in [-0.2, 0) is 23.1 Å². The summed E-state index contributed by atoms with van der Waals surface area (Å²) in [5.41, 5.74) is 0.273. The van der Waals surface area contributed by atoms with Gasteiger partial charge in [0.15, 0.2) is 5.82 Å². The van der Waals surface area contributed by atoms with Crippen molar-refractivity contribution in [3.05, 3.63) is 41.8 Å². The third kappa shape index (κ3) is 3.38. The highest BCUT2D eigenvalue weighted by atomic mass is 32.2. The van der Waals surface area contributed by atoms with Crippen LogP contribution in [0.2, 0.25) is 0 Å². The van der Waals surface area contributed by atoms with E-state index in [0.29, 0.717) is 0 Å². The largest absolute Gasteiger partial charge is 0.343 e. The van der Waals surface area contributed by atoms with Crippen molar-refractivity contribution in [2.45, 2.75) is 18.0 Å². The van der Waals surface area contributed by atoms with Gasteiger partial charge in [0, 0.05) is 12.1 Å². The molecule has 2 rings (SSSR count). The SMILES string of the molecule is CNCc1cc(S(=O)(=O)NCc2ncon2)ccc1F. The Hall–Kier alpha value is -1.84. The van der Waals surface area contributed by atoms with Crippen molar-refractivity contribution < 1.29 is 17.3 Å². The van der Waals surface area contributed by atoms with Gasteiger partial charge < -0.3 is 9.84 Å². The lowest BCUT2D eigenvalue weighted by atomic mass is 10.2. The van der Waals surface area contributed by atoms with Gasteiger partial charge in [-0.25, -0.2) is 17.5 Å². The Labute approximate surface area is 115 Å². The standard InChI is InChI=1S/C11H13FN4O3S/c1-13-5-8-4-9(2-3-10(8)12)20(17,18)15-6-11-14-7-19-16-11/h2-4,7,13,15H,5-6H2,1H3. The van der Waals surface area contributed by atoms with E-state index in [1.807, 2.05) is 0 Å². The van der Waals surface area contributed by atoms with Crippen molar-refractivity contribution in [2.24, 2.45) is 0 Å². The second-order valence-corrected chi connectivity index (χ2v) is 5.72. The number of halogens is 1. The molecule has 9 heteroatoms. The van der Waals surface area contributed by atoms with Crippen molar-refractivity contribution >= 4 is 10.0 Å². The minimum absolute atomic E-state index is 0.0207. The highest BCUT2D eigenvalue weighted by Crippen LogP contribution is 2.15. The third-order valence-corrected chi connectivity index (χ3v) is 3.92. The van der Waals surface area contributed by atoms with Gasteiger partial charge in [0.2, 0.25) is 16.4 Å². The molecule has 0 saturated heterocycles. The molecular weight excluding hydrogens is 287 g/mol. The summed E-state index contributed by atoms with van der Waals surface area (Å²) in [5.74, 6) is -0.248. The lowest BCUT2D eigenvalue weighted by Gasteiger charge is -2.08. The van der Waals surface area contributed by atoms with Gasteiger partial charge in [-0.1, -0.05) is 5.16 Å². The van der Waals surface area contributed by atoms with Crippen molar-refractivity contribution in [1.29, 1.82) is 0 Å². The van der Waals surface area contributed by atoms with Crippen LogP contribution in [0.4, 0.5) is 4.39 Å². The van der Waals surface area contributed by atoms with Crippen molar-refractivity contribution in [2.75, 3.05) is 7.05 Å². The number of nitrogens with one attached hydrogen (secondary N) is 2. The highest BCUT2D eigenvalue weighted by molar-refractivity contribution is 7.89. The fourth-order valence-corrected chi connectivity index (χ4v) is 2.59. The first kappa shape index (κ1) is 14.6. The molecule has 1 aromatic heterocycles. The Morgan fingerprint density at radius 1 is 1.35 bits per heavy atom. The molecule has 0 aliphatic carbocycles. The Kier molecular flexibility index (Phi) is 4.42. The molecule has 0 atom stereocenters. The first-order chi connectivity index (χ1) is 9.53. The van der Waals surface area contributed by atoms with Gasteiger partial charge in [-0.2, -0.15) is 4.98 Å². The van der Waals surface area contributed by atoms with Gasteiger partial charge in [0.1, 0.15) is 5.82 Å². The van der Waals surface area contributed by atoms with Crippen LogP contribution in [0, 0.1) is 5.82 Å². The summed E-state index contributed by atoms with van der Waals surface area (Å²) < 4.78 is 44.4. The van der Waals surface area contributed by atoms with Gasteiger partial charge in [-0.05, 0) is 25.2 Å². The predicted molar refractivity (Wildman–Crippen MR) is 67.5 cm³/mol. The van der Waals surface area contributed by atoms with Gasteiger partial charge in [-0.15, -0.1) is 0 Å². The molecule has 0 radical (unpaired) electrons. The quantitative estimate of drug-likeness (QED) is 0.802. The average molecular weight is 300 g/mol. The zero-order valence-corrected chi connectivity index (χ0v) is 11.4. The molecule has 108 valence electrons.